The Balaban J connectivity index is 3.41. The van der Waals surface area contributed by atoms with Gasteiger partial charge >= 0.3 is 0 Å². The van der Waals surface area contributed by atoms with Crippen molar-refractivity contribution in [3.63, 3.8) is 0 Å². The van der Waals surface area contributed by atoms with E-state index in [0.29, 0.717) is 16.8 Å². The van der Waals surface area contributed by atoms with Gasteiger partial charge in [0.05, 0.1) is 0 Å². The van der Waals surface area contributed by atoms with Crippen LogP contribution >= 0.6 is 0 Å². The van der Waals surface area contributed by atoms with Crippen molar-refractivity contribution in [2.75, 3.05) is 0 Å². The maximum atomic E-state index is 5.87. The normalized spacial score (nSPS) is 10.8. The van der Waals surface area contributed by atoms with Gasteiger partial charge in [-0.3, -0.25) is 0 Å². The van der Waals surface area contributed by atoms with E-state index in [9.17, 15) is 0 Å². The molecular formula is C10H11B3. The maximum Gasteiger partial charge on any atom is 0.114 e. The summed E-state index contributed by atoms with van der Waals surface area (Å²) in [7, 11) is 17.5. The molecule has 0 aliphatic heterocycles. The highest BCUT2D eigenvalue weighted by Gasteiger charge is 2.07. The predicted octanol–water partition coefficient (Wildman–Crippen LogP) is -0.500. The van der Waals surface area contributed by atoms with Crippen molar-refractivity contribution in [1.82, 2.24) is 0 Å². The molecule has 0 amide bonds. The monoisotopic (exact) mass is 164 g/mol. The average Bonchev–Trinajstić information content (AvgIpc) is 2.07. The van der Waals surface area contributed by atoms with Crippen LogP contribution in [-0.2, 0) is 0 Å². The smallest absolute Gasteiger partial charge is 0.101 e. The average molecular weight is 164 g/mol. The van der Waals surface area contributed by atoms with Crippen molar-refractivity contribution in [3.8, 4) is 0 Å². The third kappa shape index (κ3) is 1.85. The lowest BCUT2D eigenvalue weighted by Gasteiger charge is -2.17. The fourth-order valence-electron chi connectivity index (χ4n) is 1.34. The van der Waals surface area contributed by atoms with E-state index < -0.39 is 0 Å². The molecule has 0 saturated carbocycles. The van der Waals surface area contributed by atoms with Gasteiger partial charge in [-0.15, -0.1) is 5.46 Å². The molecule has 1 aromatic carbocycles. The van der Waals surface area contributed by atoms with Crippen molar-refractivity contribution in [1.29, 1.82) is 0 Å². The van der Waals surface area contributed by atoms with Gasteiger partial charge in [0, 0.05) is 0 Å². The molecule has 0 unspecified atom stereocenters. The van der Waals surface area contributed by atoms with Crippen LogP contribution in [0.1, 0.15) is 30.9 Å². The van der Waals surface area contributed by atoms with Gasteiger partial charge in [0.15, 0.2) is 0 Å². The fourth-order valence-corrected chi connectivity index (χ4v) is 1.34. The van der Waals surface area contributed by atoms with E-state index in [1.165, 1.54) is 0 Å². The summed E-state index contributed by atoms with van der Waals surface area (Å²) < 4.78 is 0. The molecule has 60 valence electrons. The van der Waals surface area contributed by atoms with Crippen LogP contribution in [0.25, 0.3) is 0 Å². The molecule has 0 bridgehead atoms. The molecule has 1 rings (SSSR count). The quantitative estimate of drug-likeness (QED) is 0.490. The number of benzene rings is 1. The number of hydrogen-bond donors (Lipinski definition) is 0. The van der Waals surface area contributed by atoms with E-state index in [1.807, 2.05) is 13.0 Å². The zero-order chi connectivity index (χ0) is 10.2. The Morgan fingerprint density at radius 2 is 1.62 bits per heavy atom. The van der Waals surface area contributed by atoms with Gasteiger partial charge in [-0.25, -0.2) is 0 Å². The number of rotatable bonds is 1. The first-order valence-corrected chi connectivity index (χ1v) is 4.39. The van der Waals surface area contributed by atoms with Gasteiger partial charge in [0.1, 0.15) is 23.5 Å². The molecule has 0 aliphatic carbocycles. The van der Waals surface area contributed by atoms with E-state index >= 15 is 0 Å². The Labute approximate surface area is 84.3 Å². The van der Waals surface area contributed by atoms with Crippen molar-refractivity contribution in [3.05, 3.63) is 17.2 Å². The zero-order valence-electron chi connectivity index (χ0n) is 8.39. The van der Waals surface area contributed by atoms with E-state index in [1.54, 1.807) is 0 Å². The van der Waals surface area contributed by atoms with Crippen molar-refractivity contribution >= 4 is 39.9 Å². The van der Waals surface area contributed by atoms with Gasteiger partial charge in [0.2, 0.25) is 0 Å². The van der Waals surface area contributed by atoms with Crippen LogP contribution in [0.2, 0.25) is 0 Å². The molecular weight excluding hydrogens is 153 g/mol. The molecule has 0 fully saturated rings. The second-order valence-electron chi connectivity index (χ2n) is 3.66. The lowest BCUT2D eigenvalue weighted by Crippen LogP contribution is -2.37. The molecule has 0 aromatic heterocycles. The highest BCUT2D eigenvalue weighted by Crippen LogP contribution is 2.09. The molecule has 1 aromatic rings. The van der Waals surface area contributed by atoms with E-state index in [-0.39, 0.29) is 0 Å². The Morgan fingerprint density at radius 3 is 2.08 bits per heavy atom. The Bertz CT molecular complexity index is 329. The van der Waals surface area contributed by atoms with Crippen molar-refractivity contribution in [2.24, 2.45) is 0 Å². The Hall–Kier alpha value is -0.585. The molecule has 6 radical (unpaired) electrons. The van der Waals surface area contributed by atoms with E-state index in [4.69, 9.17) is 23.5 Å². The zero-order valence-corrected chi connectivity index (χ0v) is 8.39. The minimum absolute atomic E-state index is 0.352. The van der Waals surface area contributed by atoms with Crippen molar-refractivity contribution in [2.45, 2.75) is 26.7 Å². The summed E-state index contributed by atoms with van der Waals surface area (Å²) in [6.45, 7) is 6.02. The SMILES string of the molecule is [B]c1cc(C(C)C)c([B])c([B])c1C. The topological polar surface area (TPSA) is 0 Å². The Morgan fingerprint density at radius 1 is 1.08 bits per heavy atom. The lowest BCUT2D eigenvalue weighted by atomic mass is 9.69. The molecule has 0 nitrogen and oxygen atoms in total. The largest absolute Gasteiger partial charge is 0.114 e. The lowest BCUT2D eigenvalue weighted by molar-refractivity contribution is 0.875. The summed E-state index contributed by atoms with van der Waals surface area (Å²) in [5, 5.41) is 0. The highest BCUT2D eigenvalue weighted by molar-refractivity contribution is 6.51. The maximum absolute atomic E-state index is 5.87. The molecule has 0 atom stereocenters. The van der Waals surface area contributed by atoms with Gasteiger partial charge in [-0.2, -0.15) is 0 Å². The Kier molecular flexibility index (Phi) is 2.95. The van der Waals surface area contributed by atoms with Crippen LogP contribution in [0.4, 0.5) is 0 Å². The van der Waals surface area contributed by atoms with Crippen LogP contribution in [0.3, 0.4) is 0 Å². The van der Waals surface area contributed by atoms with E-state index in [2.05, 4.69) is 13.8 Å². The summed E-state index contributed by atoms with van der Waals surface area (Å²) >= 11 is 0. The van der Waals surface area contributed by atoms with Gasteiger partial charge in [0.25, 0.3) is 0 Å². The first-order valence-electron chi connectivity index (χ1n) is 4.39. The third-order valence-corrected chi connectivity index (χ3v) is 2.37. The summed E-state index contributed by atoms with van der Waals surface area (Å²) in [5.74, 6) is 0.352. The first-order chi connectivity index (χ1) is 5.95. The molecule has 0 spiro atoms. The molecule has 0 N–H and O–H groups in total. The molecule has 0 heterocycles. The second kappa shape index (κ2) is 3.65. The fraction of sp³-hybridized carbons (Fsp3) is 0.400. The molecule has 0 saturated heterocycles. The van der Waals surface area contributed by atoms with Gasteiger partial charge in [-0.05, 0) is 12.8 Å². The van der Waals surface area contributed by atoms with Gasteiger partial charge in [-0.1, -0.05) is 42.0 Å². The molecule has 3 heteroatoms. The number of hydrogen-bond acceptors (Lipinski definition) is 0. The third-order valence-electron chi connectivity index (χ3n) is 2.37. The first kappa shape index (κ1) is 10.5. The van der Waals surface area contributed by atoms with Gasteiger partial charge < -0.3 is 0 Å². The minimum atomic E-state index is 0.352. The van der Waals surface area contributed by atoms with Crippen LogP contribution < -0.4 is 16.4 Å². The summed E-state index contributed by atoms with van der Waals surface area (Å²) in [6, 6.07) is 1.91. The second-order valence-corrected chi connectivity index (χ2v) is 3.66. The van der Waals surface area contributed by atoms with Crippen LogP contribution in [0.15, 0.2) is 6.07 Å². The highest BCUT2D eigenvalue weighted by atomic mass is 14.1. The summed E-state index contributed by atoms with van der Waals surface area (Å²) in [6.07, 6.45) is 0. The van der Waals surface area contributed by atoms with Crippen LogP contribution in [-0.4, -0.2) is 23.5 Å². The predicted molar refractivity (Wildman–Crippen MR) is 61.4 cm³/mol. The summed E-state index contributed by atoms with van der Waals surface area (Å²) in [4.78, 5) is 0. The van der Waals surface area contributed by atoms with Crippen molar-refractivity contribution < 1.29 is 0 Å². The molecule has 13 heavy (non-hydrogen) atoms. The van der Waals surface area contributed by atoms with E-state index in [0.717, 1.165) is 16.6 Å². The van der Waals surface area contributed by atoms with Crippen LogP contribution in [0, 0.1) is 6.92 Å². The van der Waals surface area contributed by atoms with Crippen LogP contribution in [0.5, 0.6) is 0 Å². The standard InChI is InChI=1S/C10H11B3/c1-5(2)7-4-8(11)6(3)9(12)10(7)13/h4-5H,1-3H3. The summed E-state index contributed by atoms with van der Waals surface area (Å²) in [5.41, 5.74) is 3.91. The molecule has 0 aliphatic rings. The minimum Gasteiger partial charge on any atom is -0.101 e.